The van der Waals surface area contributed by atoms with Crippen LogP contribution < -0.4 is 10.2 Å². The summed E-state index contributed by atoms with van der Waals surface area (Å²) in [6.45, 7) is 2.09. The van der Waals surface area contributed by atoms with Gasteiger partial charge in [0.15, 0.2) is 5.82 Å². The van der Waals surface area contributed by atoms with Crippen molar-refractivity contribution >= 4 is 17.7 Å². The number of carbonyl (C=O) groups is 2. The zero-order valence-corrected chi connectivity index (χ0v) is 17.5. The van der Waals surface area contributed by atoms with Crippen LogP contribution in [0, 0.1) is 5.82 Å². The Labute approximate surface area is 183 Å². The molecule has 32 heavy (non-hydrogen) atoms. The summed E-state index contributed by atoms with van der Waals surface area (Å²) in [7, 11) is 0. The van der Waals surface area contributed by atoms with Crippen molar-refractivity contribution in [2.24, 2.45) is 0 Å². The van der Waals surface area contributed by atoms with Crippen LogP contribution in [0.3, 0.4) is 0 Å². The number of pyridine rings is 1. The van der Waals surface area contributed by atoms with Gasteiger partial charge in [-0.3, -0.25) is 19.8 Å². The maximum absolute atomic E-state index is 14.3. The number of aromatic amines is 1. The lowest BCUT2D eigenvalue weighted by molar-refractivity contribution is -0.119. The number of hydrogen-bond donors (Lipinski definition) is 2. The number of aromatic nitrogens is 3. The van der Waals surface area contributed by atoms with Crippen LogP contribution in [0.2, 0.25) is 0 Å². The molecule has 0 saturated carbocycles. The van der Waals surface area contributed by atoms with E-state index in [1.807, 2.05) is 18.2 Å². The molecule has 0 spiro atoms. The number of benzene rings is 1. The average molecular weight is 435 g/mol. The van der Waals surface area contributed by atoms with E-state index < -0.39 is 11.9 Å². The van der Waals surface area contributed by atoms with Crippen LogP contribution in [0.25, 0.3) is 22.5 Å². The average Bonchev–Trinajstić information content (AvgIpc) is 3.31. The van der Waals surface area contributed by atoms with Crippen LogP contribution in [-0.4, -0.2) is 46.4 Å². The van der Waals surface area contributed by atoms with Gasteiger partial charge >= 0.3 is 6.09 Å². The second-order valence-corrected chi connectivity index (χ2v) is 8.03. The molecule has 0 radical (unpaired) electrons. The van der Waals surface area contributed by atoms with Crippen LogP contribution in [0.1, 0.15) is 24.5 Å². The van der Waals surface area contributed by atoms with E-state index in [0.29, 0.717) is 17.8 Å². The number of carbonyl (C=O) groups excluding carboxylic acids is 2. The molecule has 5 rings (SSSR count). The lowest BCUT2D eigenvalue weighted by Gasteiger charge is -2.16. The molecule has 1 aromatic carbocycles. The molecule has 1 fully saturated rings. The van der Waals surface area contributed by atoms with Crippen LogP contribution in [0.15, 0.2) is 36.7 Å². The first-order valence-corrected chi connectivity index (χ1v) is 10.5. The van der Waals surface area contributed by atoms with E-state index in [4.69, 9.17) is 4.74 Å². The van der Waals surface area contributed by atoms with Crippen LogP contribution >= 0.6 is 0 Å². The third-order valence-corrected chi connectivity index (χ3v) is 5.89. The summed E-state index contributed by atoms with van der Waals surface area (Å²) in [6, 6.07) is 7.48. The Morgan fingerprint density at radius 1 is 1.31 bits per heavy atom. The van der Waals surface area contributed by atoms with Crippen molar-refractivity contribution in [1.82, 2.24) is 20.5 Å². The van der Waals surface area contributed by atoms with E-state index >= 15 is 0 Å². The number of rotatable bonds is 4. The zero-order valence-electron chi connectivity index (χ0n) is 17.5. The Bertz CT molecular complexity index is 1210. The summed E-state index contributed by atoms with van der Waals surface area (Å²) in [4.78, 5) is 28.9. The first-order valence-electron chi connectivity index (χ1n) is 10.5. The smallest absolute Gasteiger partial charge is 0.414 e. The molecule has 3 aromatic rings. The fourth-order valence-electron chi connectivity index (χ4n) is 4.37. The fraction of sp³-hybridized carbons (Fsp3) is 0.304. The molecular weight excluding hydrogens is 413 g/mol. The van der Waals surface area contributed by atoms with Crippen molar-refractivity contribution in [2.45, 2.75) is 32.3 Å². The standard InChI is InChI=1S/C23H22FN5O3/c1-13(30)26-10-16-12-29(23(31)32-16)15-5-6-17-14(9-15)3-2-4-19-21(17)27-28-22(19)18-7-8-25-11-20(18)24/h5-9,11,16H,2-4,10,12H2,1H3,(H,26,30)(H,27,28)/t16-/m0/s1. The number of aryl methyl sites for hydroxylation is 1. The highest BCUT2D eigenvalue weighted by Crippen LogP contribution is 2.38. The van der Waals surface area contributed by atoms with Gasteiger partial charge in [0.2, 0.25) is 5.91 Å². The third-order valence-electron chi connectivity index (χ3n) is 5.89. The number of cyclic esters (lactones) is 1. The molecule has 1 saturated heterocycles. The summed E-state index contributed by atoms with van der Waals surface area (Å²) in [5.74, 6) is -0.561. The molecule has 9 heteroatoms. The predicted octanol–water partition coefficient (Wildman–Crippen LogP) is 3.23. The Morgan fingerprint density at radius 3 is 3.00 bits per heavy atom. The van der Waals surface area contributed by atoms with Gasteiger partial charge in [0.05, 0.1) is 30.7 Å². The molecule has 2 aliphatic rings. The highest BCUT2D eigenvalue weighted by Gasteiger charge is 2.33. The second kappa shape index (κ2) is 8.07. The highest BCUT2D eigenvalue weighted by molar-refractivity contribution is 5.91. The van der Waals surface area contributed by atoms with Crippen molar-refractivity contribution < 1.29 is 18.7 Å². The normalized spacial score (nSPS) is 17.4. The van der Waals surface area contributed by atoms with Crippen molar-refractivity contribution in [3.8, 4) is 22.5 Å². The van der Waals surface area contributed by atoms with Crippen molar-refractivity contribution in [2.75, 3.05) is 18.0 Å². The molecule has 3 heterocycles. The first-order chi connectivity index (χ1) is 15.5. The number of ether oxygens (including phenoxy) is 1. The SMILES string of the molecule is CC(=O)NC[C@H]1CN(c2ccc3c(c2)CCCc2c(-c4ccncc4F)n[nH]c2-3)C(=O)O1. The van der Waals surface area contributed by atoms with Gasteiger partial charge in [-0.05, 0) is 43.0 Å². The molecular formula is C23H22FN5O3. The van der Waals surface area contributed by atoms with Gasteiger partial charge in [-0.1, -0.05) is 6.07 Å². The maximum atomic E-state index is 14.3. The maximum Gasteiger partial charge on any atom is 0.414 e. The molecule has 0 bridgehead atoms. The molecule has 1 atom stereocenters. The van der Waals surface area contributed by atoms with Gasteiger partial charge < -0.3 is 10.1 Å². The molecule has 2 aromatic heterocycles. The van der Waals surface area contributed by atoms with Gasteiger partial charge in [-0.15, -0.1) is 0 Å². The molecule has 2 N–H and O–H groups in total. The summed E-state index contributed by atoms with van der Waals surface area (Å²) < 4.78 is 19.7. The van der Waals surface area contributed by atoms with E-state index in [-0.39, 0.29) is 18.6 Å². The minimum atomic E-state index is -0.424. The number of hydrogen-bond acceptors (Lipinski definition) is 5. The number of anilines is 1. The second-order valence-electron chi connectivity index (χ2n) is 8.03. The number of nitrogens with zero attached hydrogens (tertiary/aromatic N) is 3. The van der Waals surface area contributed by atoms with E-state index in [1.54, 1.807) is 17.2 Å². The zero-order chi connectivity index (χ0) is 22.2. The predicted molar refractivity (Wildman–Crippen MR) is 116 cm³/mol. The summed E-state index contributed by atoms with van der Waals surface area (Å²) in [5.41, 5.74) is 5.74. The lowest BCUT2D eigenvalue weighted by Crippen LogP contribution is -2.33. The molecule has 2 amide bonds. The van der Waals surface area contributed by atoms with Crippen LogP contribution in [-0.2, 0) is 22.4 Å². The van der Waals surface area contributed by atoms with Gasteiger partial charge in [0, 0.05) is 35.5 Å². The largest absolute Gasteiger partial charge is 0.442 e. The Morgan fingerprint density at radius 2 is 2.19 bits per heavy atom. The quantitative estimate of drug-likeness (QED) is 0.655. The van der Waals surface area contributed by atoms with E-state index in [1.165, 1.54) is 13.1 Å². The molecule has 1 aliphatic carbocycles. The molecule has 164 valence electrons. The molecule has 1 aliphatic heterocycles. The number of halogens is 1. The summed E-state index contributed by atoms with van der Waals surface area (Å²) in [6.07, 6.45) is 4.40. The van der Waals surface area contributed by atoms with Gasteiger partial charge in [0.1, 0.15) is 6.10 Å². The van der Waals surface area contributed by atoms with Crippen molar-refractivity contribution in [3.63, 3.8) is 0 Å². The minimum Gasteiger partial charge on any atom is -0.442 e. The minimum absolute atomic E-state index is 0.161. The lowest BCUT2D eigenvalue weighted by atomic mass is 9.99. The number of nitrogens with one attached hydrogen (secondary N) is 2. The van der Waals surface area contributed by atoms with E-state index in [0.717, 1.165) is 47.3 Å². The first kappa shape index (κ1) is 20.2. The monoisotopic (exact) mass is 435 g/mol. The van der Waals surface area contributed by atoms with Crippen molar-refractivity contribution in [3.05, 3.63) is 53.6 Å². The van der Waals surface area contributed by atoms with Gasteiger partial charge in [-0.2, -0.15) is 5.10 Å². The highest BCUT2D eigenvalue weighted by atomic mass is 19.1. The Hall–Kier alpha value is -3.75. The third kappa shape index (κ3) is 3.59. The van der Waals surface area contributed by atoms with E-state index in [9.17, 15) is 14.0 Å². The number of fused-ring (bicyclic) bond motifs is 3. The summed E-state index contributed by atoms with van der Waals surface area (Å²) in [5, 5.41) is 10.2. The number of H-pyrrole nitrogens is 1. The van der Waals surface area contributed by atoms with Crippen LogP contribution in [0.5, 0.6) is 0 Å². The molecule has 8 nitrogen and oxygen atoms in total. The summed E-state index contributed by atoms with van der Waals surface area (Å²) >= 11 is 0. The number of amides is 2. The van der Waals surface area contributed by atoms with Gasteiger partial charge in [-0.25, -0.2) is 9.18 Å². The van der Waals surface area contributed by atoms with Gasteiger partial charge in [0.25, 0.3) is 0 Å². The Kier molecular flexibility index (Phi) is 5.08. The topological polar surface area (TPSA) is 100 Å². The fourth-order valence-corrected chi connectivity index (χ4v) is 4.37. The molecule has 0 unspecified atom stereocenters. The van der Waals surface area contributed by atoms with E-state index in [2.05, 4.69) is 20.5 Å². The van der Waals surface area contributed by atoms with Crippen LogP contribution in [0.4, 0.5) is 14.9 Å². The van der Waals surface area contributed by atoms with Crippen molar-refractivity contribution in [1.29, 1.82) is 0 Å². The Balaban J connectivity index is 1.45.